The molecule has 0 unspecified atom stereocenters. The second-order valence-electron chi connectivity index (χ2n) is 5.80. The van der Waals surface area contributed by atoms with Crippen LogP contribution in [0.25, 0.3) is 11.0 Å². The molecule has 0 amide bonds. The maximum atomic E-state index is 5.77. The van der Waals surface area contributed by atoms with Crippen LogP contribution in [0, 0.1) is 5.41 Å². The number of para-hydroxylation sites is 1. The van der Waals surface area contributed by atoms with Gasteiger partial charge in [-0.1, -0.05) is 32.0 Å². The van der Waals surface area contributed by atoms with E-state index in [0.29, 0.717) is 6.54 Å². The van der Waals surface area contributed by atoms with Crippen molar-refractivity contribution >= 4 is 23.4 Å². The van der Waals surface area contributed by atoms with E-state index in [4.69, 9.17) is 10.2 Å². The minimum Gasteiger partial charge on any atom is -0.464 e. The highest BCUT2D eigenvalue weighted by molar-refractivity contribution is 5.85. The summed E-state index contributed by atoms with van der Waals surface area (Å²) in [5, 5.41) is 1.20. The number of nitrogens with two attached hydrogens (primary N) is 1. The van der Waals surface area contributed by atoms with Crippen LogP contribution >= 0.6 is 12.4 Å². The zero-order chi connectivity index (χ0) is 13.2. The van der Waals surface area contributed by atoms with E-state index in [-0.39, 0.29) is 17.8 Å². The van der Waals surface area contributed by atoms with Crippen molar-refractivity contribution in [2.45, 2.75) is 20.4 Å². The fraction of sp³-hybridized carbons (Fsp3) is 0.467. The van der Waals surface area contributed by atoms with E-state index in [9.17, 15) is 0 Å². The molecule has 0 spiro atoms. The first-order valence-corrected chi connectivity index (χ1v) is 6.35. The summed E-state index contributed by atoms with van der Waals surface area (Å²) in [6, 6.07) is 8.15. The molecule has 0 aliphatic rings. The van der Waals surface area contributed by atoms with E-state index >= 15 is 0 Å². The van der Waals surface area contributed by atoms with E-state index in [1.165, 1.54) is 10.9 Å². The van der Waals surface area contributed by atoms with E-state index < -0.39 is 0 Å². The van der Waals surface area contributed by atoms with Crippen molar-refractivity contribution in [3.63, 3.8) is 0 Å². The van der Waals surface area contributed by atoms with Gasteiger partial charge in [0.2, 0.25) is 0 Å². The average Bonchev–Trinajstić information content (AvgIpc) is 2.72. The third-order valence-electron chi connectivity index (χ3n) is 3.25. The van der Waals surface area contributed by atoms with Gasteiger partial charge >= 0.3 is 0 Å². The molecule has 0 bridgehead atoms. The number of hydrogen-bond acceptors (Lipinski definition) is 3. The molecular weight excluding hydrogens is 260 g/mol. The first-order valence-electron chi connectivity index (χ1n) is 6.35. The Labute approximate surface area is 121 Å². The Kier molecular flexibility index (Phi) is 5.41. The molecule has 0 radical (unpaired) electrons. The zero-order valence-corrected chi connectivity index (χ0v) is 12.7. The van der Waals surface area contributed by atoms with Crippen molar-refractivity contribution in [1.29, 1.82) is 0 Å². The number of nitrogens with zero attached hydrogens (tertiary/aromatic N) is 1. The zero-order valence-electron chi connectivity index (χ0n) is 11.8. The van der Waals surface area contributed by atoms with Crippen molar-refractivity contribution < 1.29 is 4.42 Å². The van der Waals surface area contributed by atoms with Gasteiger partial charge in [-0.3, -0.25) is 0 Å². The number of furan rings is 1. The van der Waals surface area contributed by atoms with Gasteiger partial charge in [-0.25, -0.2) is 0 Å². The molecule has 0 fully saturated rings. The molecule has 19 heavy (non-hydrogen) atoms. The van der Waals surface area contributed by atoms with Crippen LogP contribution in [-0.2, 0) is 6.54 Å². The maximum Gasteiger partial charge on any atom is 0.134 e. The van der Waals surface area contributed by atoms with Gasteiger partial charge in [-0.15, -0.1) is 12.4 Å². The van der Waals surface area contributed by atoms with Crippen LogP contribution in [-0.4, -0.2) is 25.0 Å². The molecule has 0 saturated heterocycles. The summed E-state index contributed by atoms with van der Waals surface area (Å²) in [5.74, 6) is 0. The molecule has 0 saturated carbocycles. The molecule has 0 aliphatic carbocycles. The highest BCUT2D eigenvalue weighted by Gasteiger charge is 2.18. The lowest BCUT2D eigenvalue weighted by atomic mass is 9.93. The normalized spacial score (nSPS) is 11.8. The van der Waals surface area contributed by atoms with Crippen molar-refractivity contribution in [3.05, 3.63) is 36.1 Å². The van der Waals surface area contributed by atoms with Gasteiger partial charge in [-0.2, -0.15) is 0 Å². The predicted molar refractivity (Wildman–Crippen MR) is 82.6 cm³/mol. The largest absolute Gasteiger partial charge is 0.464 e. The molecular formula is C15H23ClN2O. The first-order chi connectivity index (χ1) is 8.52. The number of hydrogen-bond donors (Lipinski definition) is 1. The fourth-order valence-electron chi connectivity index (χ4n) is 2.30. The molecule has 3 nitrogen and oxygen atoms in total. The molecule has 2 N–H and O–H groups in total. The van der Waals surface area contributed by atoms with Crippen LogP contribution in [0.4, 0.5) is 0 Å². The van der Waals surface area contributed by atoms with E-state index in [0.717, 1.165) is 18.7 Å². The Morgan fingerprint density at radius 1 is 1.26 bits per heavy atom. The Hall–Kier alpha value is -1.03. The van der Waals surface area contributed by atoms with Crippen molar-refractivity contribution in [2.24, 2.45) is 11.1 Å². The highest BCUT2D eigenvalue weighted by atomic mass is 35.5. The van der Waals surface area contributed by atoms with E-state index in [1.54, 1.807) is 0 Å². The molecule has 4 heteroatoms. The molecule has 1 heterocycles. The molecule has 0 aliphatic heterocycles. The van der Waals surface area contributed by atoms with Gasteiger partial charge in [0.25, 0.3) is 0 Å². The Balaban J connectivity index is 0.00000180. The second kappa shape index (κ2) is 6.42. The Bertz CT molecular complexity index is 522. The molecule has 1 aromatic carbocycles. The summed E-state index contributed by atoms with van der Waals surface area (Å²) in [5.41, 5.74) is 8.11. The Morgan fingerprint density at radius 2 is 1.95 bits per heavy atom. The minimum atomic E-state index is 0. The quantitative estimate of drug-likeness (QED) is 0.915. The lowest BCUT2D eigenvalue weighted by Gasteiger charge is -2.28. The summed E-state index contributed by atoms with van der Waals surface area (Å²) in [6.07, 6.45) is 1.86. The lowest BCUT2D eigenvalue weighted by molar-refractivity contribution is 0.210. The monoisotopic (exact) mass is 282 g/mol. The lowest BCUT2D eigenvalue weighted by Crippen LogP contribution is -2.36. The smallest absolute Gasteiger partial charge is 0.134 e. The summed E-state index contributed by atoms with van der Waals surface area (Å²) >= 11 is 0. The molecule has 1 aromatic heterocycles. The predicted octanol–water partition coefficient (Wildman–Crippen LogP) is 3.27. The van der Waals surface area contributed by atoms with Crippen LogP contribution in [0.15, 0.2) is 34.9 Å². The minimum absolute atomic E-state index is 0. The fourth-order valence-corrected chi connectivity index (χ4v) is 2.30. The maximum absolute atomic E-state index is 5.77. The van der Waals surface area contributed by atoms with Gasteiger partial charge in [-0.05, 0) is 25.1 Å². The topological polar surface area (TPSA) is 42.4 Å². The molecule has 106 valence electrons. The summed E-state index contributed by atoms with van der Waals surface area (Å²) in [4.78, 5) is 2.30. The third kappa shape index (κ3) is 3.96. The van der Waals surface area contributed by atoms with Gasteiger partial charge < -0.3 is 15.1 Å². The second-order valence-corrected chi connectivity index (χ2v) is 5.80. The summed E-state index contributed by atoms with van der Waals surface area (Å²) in [7, 11) is 2.12. The number of fused-ring (bicyclic) bond motifs is 1. The van der Waals surface area contributed by atoms with Gasteiger partial charge in [0.05, 0.1) is 6.26 Å². The van der Waals surface area contributed by atoms with Crippen LogP contribution in [0.3, 0.4) is 0 Å². The van der Waals surface area contributed by atoms with Crippen molar-refractivity contribution in [3.8, 4) is 0 Å². The van der Waals surface area contributed by atoms with E-state index in [1.807, 2.05) is 24.5 Å². The first kappa shape index (κ1) is 16.0. The standard InChI is InChI=1S/C15H22N2O.ClH/c1-15(2,10-16)11-17(3)8-12-9-18-14-7-5-4-6-13(12)14;/h4-7,9H,8,10-11,16H2,1-3H3;1H. The van der Waals surface area contributed by atoms with Crippen LogP contribution in [0.1, 0.15) is 19.4 Å². The summed E-state index contributed by atoms with van der Waals surface area (Å²) in [6.45, 7) is 6.95. The number of benzene rings is 1. The molecule has 2 aromatic rings. The van der Waals surface area contributed by atoms with Gasteiger partial charge in [0.15, 0.2) is 0 Å². The van der Waals surface area contributed by atoms with Crippen molar-refractivity contribution in [1.82, 2.24) is 4.90 Å². The van der Waals surface area contributed by atoms with E-state index in [2.05, 4.69) is 31.9 Å². The van der Waals surface area contributed by atoms with Crippen molar-refractivity contribution in [2.75, 3.05) is 20.1 Å². The highest BCUT2D eigenvalue weighted by Crippen LogP contribution is 2.23. The third-order valence-corrected chi connectivity index (χ3v) is 3.25. The molecule has 0 atom stereocenters. The van der Waals surface area contributed by atoms with Crippen LogP contribution in [0.5, 0.6) is 0 Å². The number of rotatable bonds is 5. The number of halogens is 1. The molecule has 2 rings (SSSR count). The Morgan fingerprint density at radius 3 is 2.63 bits per heavy atom. The van der Waals surface area contributed by atoms with Crippen LogP contribution < -0.4 is 5.73 Å². The van der Waals surface area contributed by atoms with Crippen LogP contribution in [0.2, 0.25) is 0 Å². The SMILES string of the molecule is CN(Cc1coc2ccccc12)CC(C)(C)CN.Cl. The summed E-state index contributed by atoms with van der Waals surface area (Å²) < 4.78 is 5.56. The van der Waals surface area contributed by atoms with Gasteiger partial charge in [0.1, 0.15) is 5.58 Å². The average molecular weight is 283 g/mol. The van der Waals surface area contributed by atoms with Gasteiger partial charge in [0, 0.05) is 24.0 Å².